The van der Waals surface area contributed by atoms with Crippen LogP contribution in [0.25, 0.3) is 0 Å². The molecule has 1 aliphatic carbocycles. The second-order valence-corrected chi connectivity index (χ2v) is 7.96. The minimum atomic E-state index is -0.326. The number of Topliss-reactive ketones (excluding diaryl/α,β-unsaturated/α-hetero) is 1. The first-order valence-corrected chi connectivity index (χ1v) is 9.25. The van der Waals surface area contributed by atoms with E-state index in [1.54, 1.807) is 24.3 Å². The van der Waals surface area contributed by atoms with Crippen molar-refractivity contribution in [3.05, 3.63) is 54.1 Å². The number of ether oxygens (including phenoxy) is 1. The highest BCUT2D eigenvalue weighted by molar-refractivity contribution is 5.95. The molecule has 27 heavy (non-hydrogen) atoms. The van der Waals surface area contributed by atoms with Gasteiger partial charge in [0.1, 0.15) is 11.4 Å². The lowest BCUT2D eigenvalue weighted by Crippen LogP contribution is -2.32. The summed E-state index contributed by atoms with van der Waals surface area (Å²) < 4.78 is 19.7. The van der Waals surface area contributed by atoms with E-state index >= 15 is 0 Å². The minimum Gasteiger partial charge on any atom is -0.506 e. The monoisotopic (exact) mass is 370 g/mol. The molecule has 0 amide bonds. The van der Waals surface area contributed by atoms with Gasteiger partial charge in [0, 0.05) is 13.1 Å². The highest BCUT2D eigenvalue weighted by atomic mass is 19.1. The number of aromatic nitrogens is 1. The number of ketones is 1. The van der Waals surface area contributed by atoms with Crippen LogP contribution in [0, 0.1) is 17.2 Å². The van der Waals surface area contributed by atoms with Gasteiger partial charge in [-0.1, -0.05) is 19.1 Å². The quantitative estimate of drug-likeness (QED) is 0.819. The smallest absolute Gasteiger partial charge is 0.195 e. The molecule has 1 saturated carbocycles. The van der Waals surface area contributed by atoms with Crippen LogP contribution < -0.4 is 4.74 Å². The van der Waals surface area contributed by atoms with Crippen LogP contribution in [0.3, 0.4) is 0 Å². The normalized spacial score (nSPS) is 27.5. The van der Waals surface area contributed by atoms with Crippen molar-refractivity contribution in [1.29, 1.82) is 0 Å². The molecule has 1 aromatic heterocycles. The molecule has 1 aromatic carbocycles. The van der Waals surface area contributed by atoms with E-state index in [1.807, 2.05) is 0 Å². The lowest BCUT2D eigenvalue weighted by molar-refractivity contribution is 0.0925. The van der Waals surface area contributed by atoms with Gasteiger partial charge in [-0.25, -0.2) is 9.37 Å². The summed E-state index contributed by atoms with van der Waals surface area (Å²) in [6, 6.07) is 9.55. The molecule has 2 fully saturated rings. The highest BCUT2D eigenvalue weighted by Gasteiger charge is 2.50. The lowest BCUT2D eigenvalue weighted by Gasteiger charge is -2.24. The second-order valence-electron chi connectivity index (χ2n) is 7.96. The van der Waals surface area contributed by atoms with Crippen molar-refractivity contribution in [2.24, 2.45) is 11.3 Å². The van der Waals surface area contributed by atoms with Crippen molar-refractivity contribution < 1.29 is 19.0 Å². The lowest BCUT2D eigenvalue weighted by atomic mass is 9.83. The third kappa shape index (κ3) is 3.67. The fourth-order valence-corrected chi connectivity index (χ4v) is 4.51. The Kier molecular flexibility index (Phi) is 4.60. The molecule has 4 rings (SSSR count). The van der Waals surface area contributed by atoms with E-state index in [4.69, 9.17) is 4.74 Å². The Bertz CT molecular complexity index is 842. The predicted octanol–water partition coefficient (Wildman–Crippen LogP) is 3.29. The van der Waals surface area contributed by atoms with E-state index in [-0.39, 0.29) is 28.9 Å². The number of rotatable bonds is 5. The summed E-state index contributed by atoms with van der Waals surface area (Å²) in [5, 5.41) is 9.29. The molecule has 0 bridgehead atoms. The van der Waals surface area contributed by atoms with Gasteiger partial charge in [0.15, 0.2) is 17.3 Å². The number of para-hydroxylation sites is 1. The topological polar surface area (TPSA) is 62.7 Å². The van der Waals surface area contributed by atoms with Crippen molar-refractivity contribution in [1.82, 2.24) is 9.88 Å². The van der Waals surface area contributed by atoms with E-state index < -0.39 is 0 Å². The highest BCUT2D eigenvalue weighted by Crippen LogP contribution is 2.49. The second kappa shape index (κ2) is 6.93. The Hall–Kier alpha value is -2.47. The first kappa shape index (κ1) is 17.9. The van der Waals surface area contributed by atoms with Gasteiger partial charge in [0.25, 0.3) is 0 Å². The number of likely N-dealkylation sites (tertiary alicyclic amines) is 1. The molecule has 5 nitrogen and oxygen atoms in total. The number of hydrogen-bond donors (Lipinski definition) is 1. The minimum absolute atomic E-state index is 0.00789. The number of aromatic hydroxyl groups is 1. The number of fused-ring (bicyclic) bond motifs is 1. The Morgan fingerprint density at radius 1 is 1.37 bits per heavy atom. The van der Waals surface area contributed by atoms with Gasteiger partial charge >= 0.3 is 0 Å². The third-order valence-corrected chi connectivity index (χ3v) is 5.82. The summed E-state index contributed by atoms with van der Waals surface area (Å²) in [7, 11) is 0. The Morgan fingerprint density at radius 2 is 2.19 bits per heavy atom. The standard InChI is InChI=1S/C21H23FN2O3/c1-21-9-16(27-20-5-3-2-4-17(20)22)8-14(21)11-24(13-21)12-19(26)18-7-6-15(25)10-23-18/h2-7,10,14,16,25H,8-9,11-13H2,1H3/t14-,16+,21+/m0/s1. The molecular weight excluding hydrogens is 347 g/mol. The van der Waals surface area contributed by atoms with Gasteiger partial charge in [0.05, 0.1) is 18.8 Å². The van der Waals surface area contributed by atoms with Crippen LogP contribution in [-0.2, 0) is 0 Å². The molecule has 2 aromatic rings. The summed E-state index contributed by atoms with van der Waals surface area (Å²) in [6.07, 6.45) is 3.02. The summed E-state index contributed by atoms with van der Waals surface area (Å²) in [4.78, 5) is 18.6. The number of hydrogen-bond acceptors (Lipinski definition) is 5. The molecule has 1 N–H and O–H groups in total. The third-order valence-electron chi connectivity index (χ3n) is 5.82. The Balaban J connectivity index is 1.35. The van der Waals surface area contributed by atoms with Gasteiger partial charge < -0.3 is 9.84 Å². The number of carbonyl (C=O) groups excluding carboxylic acids is 1. The van der Waals surface area contributed by atoms with Crippen LogP contribution in [0.5, 0.6) is 11.5 Å². The average molecular weight is 370 g/mol. The van der Waals surface area contributed by atoms with E-state index in [9.17, 15) is 14.3 Å². The van der Waals surface area contributed by atoms with Crippen LogP contribution in [-0.4, -0.2) is 46.5 Å². The summed E-state index contributed by atoms with van der Waals surface area (Å²) in [5.41, 5.74) is 0.439. The molecular formula is C21H23FN2O3. The largest absolute Gasteiger partial charge is 0.506 e. The maximum absolute atomic E-state index is 13.8. The zero-order valence-corrected chi connectivity index (χ0v) is 15.3. The van der Waals surface area contributed by atoms with Crippen molar-refractivity contribution >= 4 is 5.78 Å². The van der Waals surface area contributed by atoms with Gasteiger partial charge in [0.2, 0.25) is 0 Å². The van der Waals surface area contributed by atoms with E-state index in [0.29, 0.717) is 23.9 Å². The number of pyridine rings is 1. The summed E-state index contributed by atoms with van der Waals surface area (Å²) >= 11 is 0. The van der Waals surface area contributed by atoms with Crippen LogP contribution in [0.15, 0.2) is 42.6 Å². The molecule has 0 unspecified atom stereocenters. The molecule has 1 aliphatic heterocycles. The van der Waals surface area contributed by atoms with E-state index in [0.717, 1.165) is 25.9 Å². The molecule has 6 heteroatoms. The molecule has 0 radical (unpaired) electrons. The van der Waals surface area contributed by atoms with Gasteiger partial charge in [-0.3, -0.25) is 9.69 Å². The number of benzene rings is 1. The van der Waals surface area contributed by atoms with Crippen LogP contribution >= 0.6 is 0 Å². The zero-order chi connectivity index (χ0) is 19.0. The zero-order valence-electron chi connectivity index (χ0n) is 15.3. The molecule has 2 aliphatic rings. The van der Waals surface area contributed by atoms with Crippen LogP contribution in [0.4, 0.5) is 4.39 Å². The van der Waals surface area contributed by atoms with Crippen LogP contribution in [0.2, 0.25) is 0 Å². The van der Waals surface area contributed by atoms with Gasteiger partial charge in [-0.15, -0.1) is 0 Å². The average Bonchev–Trinajstić information content (AvgIpc) is 3.07. The van der Waals surface area contributed by atoms with Gasteiger partial charge in [-0.05, 0) is 48.4 Å². The summed E-state index contributed by atoms with van der Waals surface area (Å²) in [6.45, 7) is 4.20. The number of halogens is 1. The molecule has 2 heterocycles. The van der Waals surface area contributed by atoms with Crippen molar-refractivity contribution in [2.75, 3.05) is 19.6 Å². The SMILES string of the molecule is C[C@]12C[C@H](Oc3ccccc3F)C[C@H]1CN(CC(=O)c1ccc(O)cn1)C2. The van der Waals surface area contributed by atoms with Crippen molar-refractivity contribution in [3.8, 4) is 11.5 Å². The van der Waals surface area contributed by atoms with E-state index in [2.05, 4.69) is 16.8 Å². The van der Waals surface area contributed by atoms with Gasteiger partial charge in [-0.2, -0.15) is 0 Å². The Labute approximate surface area is 157 Å². The molecule has 142 valence electrons. The molecule has 0 spiro atoms. The maximum Gasteiger partial charge on any atom is 0.195 e. The fourth-order valence-electron chi connectivity index (χ4n) is 4.51. The van der Waals surface area contributed by atoms with Crippen molar-refractivity contribution in [3.63, 3.8) is 0 Å². The number of carbonyl (C=O) groups is 1. The predicted molar refractivity (Wildman–Crippen MR) is 98.3 cm³/mol. The maximum atomic E-state index is 13.8. The van der Waals surface area contributed by atoms with Crippen molar-refractivity contribution in [2.45, 2.75) is 25.9 Å². The van der Waals surface area contributed by atoms with E-state index in [1.165, 1.54) is 18.3 Å². The first-order chi connectivity index (χ1) is 12.9. The molecule has 1 saturated heterocycles. The fraction of sp³-hybridized carbons (Fsp3) is 0.429. The molecule has 3 atom stereocenters. The Morgan fingerprint density at radius 3 is 2.89 bits per heavy atom. The first-order valence-electron chi connectivity index (χ1n) is 9.25. The van der Waals surface area contributed by atoms with Crippen LogP contribution in [0.1, 0.15) is 30.3 Å². The summed E-state index contributed by atoms with van der Waals surface area (Å²) in [5.74, 6) is 0.424. The number of nitrogens with zero attached hydrogens (tertiary/aromatic N) is 2.